The van der Waals surface area contributed by atoms with E-state index in [1.165, 1.54) is 0 Å². The second-order valence-corrected chi connectivity index (χ2v) is 15.9. The summed E-state index contributed by atoms with van der Waals surface area (Å²) in [6, 6.07) is 3.27. The molecule has 42 heavy (non-hydrogen) atoms. The van der Waals surface area contributed by atoms with E-state index in [0.717, 1.165) is 25.7 Å². The molecule has 0 radical (unpaired) electrons. The molecule has 0 aliphatic carbocycles. The van der Waals surface area contributed by atoms with Crippen LogP contribution in [0.1, 0.15) is 163 Å². The summed E-state index contributed by atoms with van der Waals surface area (Å²) in [6.45, 7) is 23.8. The van der Waals surface area contributed by atoms with E-state index in [-0.39, 0.29) is 22.6 Å². The van der Waals surface area contributed by atoms with Crippen molar-refractivity contribution in [3.63, 3.8) is 0 Å². The van der Waals surface area contributed by atoms with Crippen molar-refractivity contribution in [2.75, 3.05) is 0 Å². The first-order chi connectivity index (χ1) is 18.9. The maximum atomic E-state index is 12.3. The van der Waals surface area contributed by atoms with E-state index in [9.17, 15) is 30.0 Å². The molecule has 0 bridgehead atoms. The molecule has 0 aliphatic heterocycles. The van der Waals surface area contributed by atoms with Gasteiger partial charge in [0, 0.05) is 22.3 Å². The van der Waals surface area contributed by atoms with Crippen molar-refractivity contribution in [2.24, 2.45) is 0 Å². The van der Waals surface area contributed by atoms with Crippen molar-refractivity contribution < 1.29 is 30.0 Å². The van der Waals surface area contributed by atoms with Crippen molar-refractivity contribution in [1.29, 1.82) is 0 Å². The van der Waals surface area contributed by atoms with Gasteiger partial charge in [-0.1, -0.05) is 95.9 Å². The maximum Gasteiger partial charge on any atom is 0.335 e. The van der Waals surface area contributed by atoms with Gasteiger partial charge in [0.15, 0.2) is 0 Å². The van der Waals surface area contributed by atoms with Crippen LogP contribution in [0.3, 0.4) is 0 Å². The van der Waals surface area contributed by atoms with Crippen LogP contribution in [-0.2, 0) is 34.5 Å². The number of phenolic OH excluding ortho intramolecular Hbond substituents is 2. The van der Waals surface area contributed by atoms with E-state index in [4.69, 9.17) is 0 Å². The predicted molar refractivity (Wildman–Crippen MR) is 171 cm³/mol. The lowest BCUT2D eigenvalue weighted by Gasteiger charge is -2.31. The molecule has 0 saturated carbocycles. The minimum absolute atomic E-state index is 0.185. The summed E-state index contributed by atoms with van der Waals surface area (Å²) in [5.41, 5.74) is 2.83. The molecule has 6 heteroatoms. The van der Waals surface area contributed by atoms with Gasteiger partial charge in [-0.25, -0.2) is 9.59 Å². The van der Waals surface area contributed by atoms with Crippen molar-refractivity contribution >= 4 is 11.9 Å². The zero-order valence-electron chi connectivity index (χ0n) is 28.0. The number of carbonyl (C=O) groups is 2. The molecule has 0 amide bonds. The van der Waals surface area contributed by atoms with Crippen molar-refractivity contribution in [3.8, 4) is 11.5 Å². The van der Waals surface area contributed by atoms with Gasteiger partial charge >= 0.3 is 11.9 Å². The fourth-order valence-electron chi connectivity index (χ4n) is 6.04. The highest BCUT2D eigenvalue weighted by Gasteiger charge is 2.33. The summed E-state index contributed by atoms with van der Waals surface area (Å²) >= 11 is 0. The van der Waals surface area contributed by atoms with Crippen LogP contribution in [0.25, 0.3) is 0 Å². The molecule has 0 aliphatic rings. The van der Waals surface area contributed by atoms with Gasteiger partial charge in [-0.15, -0.1) is 0 Å². The minimum Gasteiger partial charge on any atom is -0.507 e. The predicted octanol–water partition coefficient (Wildman–Crippen LogP) is 9.03. The third-order valence-corrected chi connectivity index (χ3v) is 8.00. The van der Waals surface area contributed by atoms with Crippen molar-refractivity contribution in [1.82, 2.24) is 0 Å². The highest BCUT2D eigenvalue weighted by molar-refractivity contribution is 5.92. The fourth-order valence-corrected chi connectivity index (χ4v) is 6.04. The second-order valence-electron chi connectivity index (χ2n) is 15.9. The zero-order chi connectivity index (χ0) is 32.6. The molecule has 0 aromatic heterocycles. The van der Waals surface area contributed by atoms with Crippen LogP contribution in [0.4, 0.5) is 0 Å². The summed E-state index contributed by atoms with van der Waals surface area (Å²) in [5.74, 6) is -1.61. The van der Waals surface area contributed by atoms with Gasteiger partial charge in [0.05, 0.1) is 11.1 Å². The Hall–Kier alpha value is -3.02. The van der Waals surface area contributed by atoms with E-state index < -0.39 is 33.6 Å². The fraction of sp³-hybridized carbons (Fsp3) is 0.611. The molecule has 0 saturated heterocycles. The number of hydrogen-bond acceptors (Lipinski definition) is 4. The molecule has 0 atom stereocenters. The average molecular weight is 583 g/mol. The normalized spacial score (nSPS) is 13.0. The van der Waals surface area contributed by atoms with Gasteiger partial charge in [0.2, 0.25) is 0 Å². The van der Waals surface area contributed by atoms with Crippen LogP contribution in [0, 0.1) is 0 Å². The summed E-state index contributed by atoms with van der Waals surface area (Å²) in [6.07, 6.45) is 4.18. The number of aromatic carboxylic acids is 2. The number of aromatic hydroxyl groups is 2. The van der Waals surface area contributed by atoms with E-state index in [1.807, 2.05) is 83.1 Å². The molecule has 4 N–H and O–H groups in total. The largest absolute Gasteiger partial charge is 0.507 e. The summed E-state index contributed by atoms with van der Waals surface area (Å²) < 4.78 is 0. The lowest BCUT2D eigenvalue weighted by Crippen LogP contribution is -2.22. The third-order valence-electron chi connectivity index (χ3n) is 8.00. The Balaban J connectivity index is 2.34. The molecule has 0 spiro atoms. The maximum absolute atomic E-state index is 12.3. The van der Waals surface area contributed by atoms with E-state index in [2.05, 4.69) is 0 Å². The Labute approximate surface area is 253 Å². The van der Waals surface area contributed by atoms with Crippen LogP contribution >= 0.6 is 0 Å². The zero-order valence-corrected chi connectivity index (χ0v) is 28.0. The van der Waals surface area contributed by atoms with Crippen LogP contribution in [0.15, 0.2) is 12.1 Å². The lowest BCUT2D eigenvalue weighted by atomic mass is 9.74. The van der Waals surface area contributed by atoms with Gasteiger partial charge < -0.3 is 20.4 Å². The smallest absolute Gasteiger partial charge is 0.335 e. The Kier molecular flexibility index (Phi) is 10.3. The molecule has 0 fully saturated rings. The van der Waals surface area contributed by atoms with E-state index in [0.29, 0.717) is 46.2 Å². The Morgan fingerprint density at radius 1 is 0.524 bits per heavy atom. The van der Waals surface area contributed by atoms with Crippen LogP contribution in [0.5, 0.6) is 11.5 Å². The first kappa shape index (κ1) is 35.2. The van der Waals surface area contributed by atoms with Gasteiger partial charge in [0.25, 0.3) is 0 Å². The first-order valence-corrected chi connectivity index (χ1v) is 15.2. The van der Waals surface area contributed by atoms with Crippen LogP contribution in [-0.4, -0.2) is 32.4 Å². The third kappa shape index (κ3) is 7.87. The average Bonchev–Trinajstić information content (AvgIpc) is 2.77. The molecule has 2 rings (SSSR count). The Morgan fingerprint density at radius 3 is 1.02 bits per heavy atom. The number of phenols is 2. The van der Waals surface area contributed by atoms with Crippen molar-refractivity contribution in [3.05, 3.63) is 56.6 Å². The monoisotopic (exact) mass is 582 g/mol. The van der Waals surface area contributed by atoms with Gasteiger partial charge in [-0.05, 0) is 70.6 Å². The minimum atomic E-state index is -0.990. The Bertz CT molecular complexity index is 1220. The molecule has 6 nitrogen and oxygen atoms in total. The molecular formula is C36H54O6. The lowest BCUT2D eigenvalue weighted by molar-refractivity contribution is 0.0684. The summed E-state index contributed by atoms with van der Waals surface area (Å²) in [7, 11) is 0. The van der Waals surface area contributed by atoms with Gasteiger partial charge in [0.1, 0.15) is 11.5 Å². The van der Waals surface area contributed by atoms with Crippen LogP contribution in [0.2, 0.25) is 0 Å². The molecule has 2 aromatic carbocycles. The highest BCUT2D eigenvalue weighted by atomic mass is 16.4. The number of hydrogen-bond donors (Lipinski definition) is 4. The van der Waals surface area contributed by atoms with Crippen molar-refractivity contribution in [2.45, 2.75) is 143 Å². The summed E-state index contributed by atoms with van der Waals surface area (Å²) in [5, 5.41) is 42.8. The number of rotatable bonds is 9. The SMILES string of the molecule is CC(C)(C)c1cc(C(=O)O)c(CCCCCCc2c(C(=O)O)cc(C(C)(C)C)c(O)c2C(C)(C)C)c(C(C)(C)C)c1O. The molecule has 0 heterocycles. The highest BCUT2D eigenvalue weighted by Crippen LogP contribution is 2.44. The first-order valence-electron chi connectivity index (χ1n) is 15.2. The van der Waals surface area contributed by atoms with E-state index in [1.54, 1.807) is 12.1 Å². The quantitative estimate of drug-likeness (QED) is 0.219. The number of carboxylic acids is 2. The van der Waals surface area contributed by atoms with Gasteiger partial charge in [-0.3, -0.25) is 0 Å². The molecule has 234 valence electrons. The van der Waals surface area contributed by atoms with E-state index >= 15 is 0 Å². The van der Waals surface area contributed by atoms with Gasteiger partial charge in [-0.2, -0.15) is 0 Å². The summed E-state index contributed by atoms with van der Waals surface area (Å²) in [4.78, 5) is 24.7. The standard InChI is InChI=1S/C36H54O6/c1-33(2,3)25-19-23(31(39)40)21(27(29(25)37)35(7,8)9)17-15-13-14-16-18-22-24(32(41)42)20-26(34(4,5)6)30(38)28(22)36(10,11)12/h19-20,37-38H,13-18H2,1-12H3,(H,39,40)(H,41,42). The second kappa shape index (κ2) is 12.3. The number of unbranched alkanes of at least 4 members (excludes halogenated alkanes) is 3. The number of carboxylic acid groups (broad SMARTS) is 2. The van der Waals surface area contributed by atoms with Crippen LogP contribution < -0.4 is 0 Å². The molecule has 2 aromatic rings. The topological polar surface area (TPSA) is 115 Å². The Morgan fingerprint density at radius 2 is 0.810 bits per heavy atom. The molecule has 0 unspecified atom stereocenters. The number of benzene rings is 2. The molecular weight excluding hydrogens is 528 g/mol.